The molecule has 0 amide bonds. The first-order valence-electron chi connectivity index (χ1n) is 3.81. The van der Waals surface area contributed by atoms with Gasteiger partial charge in [0.15, 0.2) is 0 Å². The van der Waals surface area contributed by atoms with Crippen LogP contribution in [0.15, 0.2) is 0 Å². The van der Waals surface area contributed by atoms with Gasteiger partial charge in [0.1, 0.15) is 0 Å². The summed E-state index contributed by atoms with van der Waals surface area (Å²) < 4.78 is 10.9. The fourth-order valence-electron chi connectivity index (χ4n) is 1.50. The van der Waals surface area contributed by atoms with Crippen molar-refractivity contribution in [2.45, 2.75) is 43.8 Å². The van der Waals surface area contributed by atoms with Gasteiger partial charge in [-0.3, -0.25) is 5.14 Å². The van der Waals surface area contributed by atoms with Crippen LogP contribution in [0.5, 0.6) is 0 Å². The maximum absolute atomic E-state index is 11.0. The summed E-state index contributed by atoms with van der Waals surface area (Å²) in [5, 5.41) is 5.37. The Kier molecular flexibility index (Phi) is 2.47. The molecule has 1 rings (SSSR count). The van der Waals surface area contributed by atoms with E-state index >= 15 is 0 Å². The van der Waals surface area contributed by atoms with E-state index in [2.05, 4.69) is 0 Å². The molecule has 10 heavy (non-hydrogen) atoms. The Hall–Kier alpha value is 0.110. The Morgan fingerprint density at radius 1 is 1.30 bits per heavy atom. The highest BCUT2D eigenvalue weighted by Gasteiger charge is 2.30. The van der Waals surface area contributed by atoms with Crippen molar-refractivity contribution in [2.75, 3.05) is 0 Å². The fourth-order valence-corrected chi connectivity index (χ4v) is 2.19. The second-order valence-electron chi connectivity index (χ2n) is 3.31. The topological polar surface area (TPSA) is 43.1 Å². The second-order valence-corrected chi connectivity index (χ2v) is 4.89. The molecular weight excluding hydrogens is 146 g/mol. The molecule has 0 heterocycles. The van der Waals surface area contributed by atoms with Crippen LogP contribution in [0.25, 0.3) is 0 Å². The molecule has 0 aliphatic heterocycles. The van der Waals surface area contributed by atoms with E-state index in [1.165, 1.54) is 19.3 Å². The van der Waals surface area contributed by atoms with E-state index in [0.29, 0.717) is 0 Å². The summed E-state index contributed by atoms with van der Waals surface area (Å²) in [7, 11) is -1.12. The molecule has 1 atom stereocenters. The molecule has 0 radical (unpaired) electrons. The normalized spacial score (nSPS) is 27.8. The van der Waals surface area contributed by atoms with Gasteiger partial charge in [0.25, 0.3) is 0 Å². The van der Waals surface area contributed by atoms with Crippen molar-refractivity contribution in [2.24, 2.45) is 5.14 Å². The van der Waals surface area contributed by atoms with E-state index in [1.807, 2.05) is 6.92 Å². The van der Waals surface area contributed by atoms with Crippen LogP contribution in [-0.4, -0.2) is 8.96 Å². The standard InChI is InChI=1S/C7H15NOS/c1-7(10(8)9)5-3-2-4-6-7/h2-6,8H2,1H3. The average molecular weight is 161 g/mol. The smallest absolute Gasteiger partial charge is 0.0948 e. The summed E-state index contributed by atoms with van der Waals surface area (Å²) in [5.74, 6) is 0. The summed E-state index contributed by atoms with van der Waals surface area (Å²) in [4.78, 5) is 0. The lowest BCUT2D eigenvalue weighted by Crippen LogP contribution is -2.37. The fraction of sp³-hybridized carbons (Fsp3) is 1.00. The van der Waals surface area contributed by atoms with Gasteiger partial charge in [-0.05, 0) is 19.8 Å². The molecular formula is C7H15NOS. The van der Waals surface area contributed by atoms with Crippen LogP contribution in [-0.2, 0) is 11.0 Å². The van der Waals surface area contributed by atoms with E-state index in [-0.39, 0.29) is 4.75 Å². The van der Waals surface area contributed by atoms with Crippen LogP contribution in [0.3, 0.4) is 0 Å². The predicted octanol–water partition coefficient (Wildman–Crippen LogP) is 1.33. The van der Waals surface area contributed by atoms with Gasteiger partial charge in [-0.15, -0.1) is 0 Å². The molecule has 0 spiro atoms. The van der Waals surface area contributed by atoms with E-state index in [9.17, 15) is 4.21 Å². The van der Waals surface area contributed by atoms with Crippen molar-refractivity contribution in [1.82, 2.24) is 0 Å². The van der Waals surface area contributed by atoms with Crippen molar-refractivity contribution in [1.29, 1.82) is 0 Å². The minimum absolute atomic E-state index is 0.0712. The molecule has 2 N–H and O–H groups in total. The largest absolute Gasteiger partial charge is 0.251 e. The van der Waals surface area contributed by atoms with Crippen LogP contribution in [0, 0.1) is 0 Å². The van der Waals surface area contributed by atoms with Gasteiger partial charge in [0.2, 0.25) is 0 Å². The molecule has 0 aromatic heterocycles. The zero-order valence-electron chi connectivity index (χ0n) is 6.43. The Morgan fingerprint density at radius 3 is 2.10 bits per heavy atom. The first-order chi connectivity index (χ1) is 4.65. The van der Waals surface area contributed by atoms with Crippen molar-refractivity contribution < 1.29 is 4.21 Å². The van der Waals surface area contributed by atoms with Gasteiger partial charge < -0.3 is 0 Å². The minimum Gasteiger partial charge on any atom is -0.251 e. The lowest BCUT2D eigenvalue weighted by molar-refractivity contribution is 0.411. The summed E-state index contributed by atoms with van der Waals surface area (Å²) in [6, 6.07) is 0. The number of hydrogen-bond donors (Lipinski definition) is 1. The highest BCUT2D eigenvalue weighted by molar-refractivity contribution is 7.84. The third-order valence-electron chi connectivity index (χ3n) is 2.40. The van der Waals surface area contributed by atoms with E-state index in [1.54, 1.807) is 0 Å². The molecule has 3 heteroatoms. The van der Waals surface area contributed by atoms with Crippen molar-refractivity contribution >= 4 is 11.0 Å². The predicted molar refractivity (Wildman–Crippen MR) is 43.8 cm³/mol. The lowest BCUT2D eigenvalue weighted by atomic mass is 9.90. The molecule has 1 fully saturated rings. The zero-order chi connectivity index (χ0) is 7.61. The average Bonchev–Trinajstić information content (AvgIpc) is 1.89. The molecule has 2 nitrogen and oxygen atoms in total. The van der Waals surface area contributed by atoms with Gasteiger partial charge in [-0.1, -0.05) is 19.3 Å². The summed E-state index contributed by atoms with van der Waals surface area (Å²) in [6.45, 7) is 2.03. The Bertz CT molecular complexity index is 141. The van der Waals surface area contributed by atoms with Crippen molar-refractivity contribution in [3.05, 3.63) is 0 Å². The number of nitrogens with two attached hydrogens (primary N) is 1. The van der Waals surface area contributed by atoms with Crippen LogP contribution < -0.4 is 5.14 Å². The molecule has 60 valence electrons. The molecule has 0 saturated heterocycles. The van der Waals surface area contributed by atoms with E-state index in [0.717, 1.165) is 12.8 Å². The minimum atomic E-state index is -1.12. The third-order valence-corrected chi connectivity index (χ3v) is 3.78. The van der Waals surface area contributed by atoms with Gasteiger partial charge in [0.05, 0.1) is 15.7 Å². The molecule has 0 aromatic rings. The van der Waals surface area contributed by atoms with E-state index in [4.69, 9.17) is 5.14 Å². The third kappa shape index (κ3) is 1.58. The zero-order valence-corrected chi connectivity index (χ0v) is 7.25. The highest BCUT2D eigenvalue weighted by atomic mass is 32.2. The maximum Gasteiger partial charge on any atom is 0.0948 e. The first-order valence-corrected chi connectivity index (χ1v) is 5.03. The molecule has 0 aromatic carbocycles. The van der Waals surface area contributed by atoms with Crippen LogP contribution in [0.1, 0.15) is 39.0 Å². The quantitative estimate of drug-likeness (QED) is 0.619. The summed E-state index contributed by atoms with van der Waals surface area (Å²) >= 11 is 0. The Balaban J connectivity index is 2.56. The van der Waals surface area contributed by atoms with Crippen LogP contribution >= 0.6 is 0 Å². The van der Waals surface area contributed by atoms with Crippen LogP contribution in [0.4, 0.5) is 0 Å². The molecule has 0 bridgehead atoms. The lowest BCUT2D eigenvalue weighted by Gasteiger charge is -2.30. The first kappa shape index (κ1) is 8.21. The monoisotopic (exact) mass is 161 g/mol. The van der Waals surface area contributed by atoms with Crippen LogP contribution in [0.2, 0.25) is 0 Å². The van der Waals surface area contributed by atoms with Gasteiger partial charge in [-0.2, -0.15) is 0 Å². The number of rotatable bonds is 1. The number of hydrogen-bond acceptors (Lipinski definition) is 1. The summed E-state index contributed by atoms with van der Waals surface area (Å²) in [6.07, 6.45) is 5.75. The Morgan fingerprint density at radius 2 is 1.80 bits per heavy atom. The van der Waals surface area contributed by atoms with Crippen molar-refractivity contribution in [3.8, 4) is 0 Å². The molecule has 1 aliphatic carbocycles. The molecule has 1 aliphatic rings. The Labute approximate surface area is 64.8 Å². The van der Waals surface area contributed by atoms with Gasteiger partial charge >= 0.3 is 0 Å². The van der Waals surface area contributed by atoms with Gasteiger partial charge in [-0.25, -0.2) is 4.21 Å². The van der Waals surface area contributed by atoms with E-state index < -0.39 is 11.0 Å². The second kappa shape index (κ2) is 3.01. The highest BCUT2D eigenvalue weighted by Crippen LogP contribution is 2.31. The van der Waals surface area contributed by atoms with Gasteiger partial charge in [0, 0.05) is 0 Å². The SMILES string of the molecule is CC1(S(N)=O)CCCCC1. The van der Waals surface area contributed by atoms with Crippen molar-refractivity contribution in [3.63, 3.8) is 0 Å². The molecule has 1 unspecified atom stereocenters. The maximum atomic E-state index is 11.0. The summed E-state index contributed by atoms with van der Waals surface area (Å²) in [5.41, 5.74) is 0. The molecule has 1 saturated carbocycles.